The molecule has 0 aromatic rings. The number of hydrogen-bond donors (Lipinski definition) is 4. The van der Waals surface area contributed by atoms with E-state index in [9.17, 15) is 28.8 Å². The van der Waals surface area contributed by atoms with Crippen LogP contribution in [0, 0.1) is 34.5 Å². The van der Waals surface area contributed by atoms with Gasteiger partial charge in [0.25, 0.3) is 5.91 Å². The summed E-state index contributed by atoms with van der Waals surface area (Å²) in [6.45, 7) is 9.88. The number of nitrogens with one attached hydrogen (secondary N) is 3. The molecule has 4 fully saturated rings. The molecule has 0 radical (unpaired) electrons. The van der Waals surface area contributed by atoms with Gasteiger partial charge in [-0.05, 0) is 53.8 Å². The van der Waals surface area contributed by atoms with Crippen molar-refractivity contribution in [2.45, 2.75) is 110 Å². The molecule has 45 heavy (non-hydrogen) atoms. The summed E-state index contributed by atoms with van der Waals surface area (Å²) in [6.07, 6.45) is 6.14. The van der Waals surface area contributed by atoms with Crippen LogP contribution >= 0.6 is 0 Å². The Morgan fingerprint density at radius 3 is 2.13 bits per heavy atom. The zero-order valence-electron chi connectivity index (χ0n) is 27.5. The van der Waals surface area contributed by atoms with Gasteiger partial charge in [-0.1, -0.05) is 66.7 Å². The van der Waals surface area contributed by atoms with Crippen molar-refractivity contribution >= 4 is 35.7 Å². The fourth-order valence-electron chi connectivity index (χ4n) is 7.56. The van der Waals surface area contributed by atoms with Crippen molar-refractivity contribution in [3.05, 3.63) is 0 Å². The highest BCUT2D eigenvalue weighted by atomic mass is 16.7. The second kappa shape index (κ2) is 13.5. The number of methoxy groups -OCH3 is 1. The third kappa shape index (κ3) is 7.71. The molecule has 5 N–H and O–H groups in total. The SMILES string of the molecule is COC(=O)OC[C@@H](NC(=O)N[C@H](C(=O)N1CC2C([C@H]1C(=O)NC(CC1CCC1)C(=O)C(N)=O)C2(C)C)C(C)(C)C)C1CCCC1. The number of fused-ring (bicyclic) bond motifs is 1. The summed E-state index contributed by atoms with van der Waals surface area (Å²) in [6, 6.07) is -3.93. The third-order valence-electron chi connectivity index (χ3n) is 10.7. The number of amides is 5. The van der Waals surface area contributed by atoms with E-state index in [1.54, 1.807) is 0 Å². The highest BCUT2D eigenvalue weighted by molar-refractivity contribution is 6.37. The van der Waals surface area contributed by atoms with E-state index in [-0.39, 0.29) is 35.7 Å². The highest BCUT2D eigenvalue weighted by Gasteiger charge is 2.70. The average Bonchev–Trinajstić information content (AvgIpc) is 3.40. The first kappa shape index (κ1) is 34.5. The van der Waals surface area contributed by atoms with Gasteiger partial charge in [0.15, 0.2) is 0 Å². The quantitative estimate of drug-likeness (QED) is 0.186. The van der Waals surface area contributed by atoms with Crippen LogP contribution in [0.4, 0.5) is 9.59 Å². The first-order chi connectivity index (χ1) is 21.1. The van der Waals surface area contributed by atoms with Gasteiger partial charge in [-0.2, -0.15) is 0 Å². The zero-order chi connectivity index (χ0) is 33.3. The number of rotatable bonds is 12. The molecule has 1 heterocycles. The summed E-state index contributed by atoms with van der Waals surface area (Å²) < 4.78 is 9.75. The number of carbonyl (C=O) groups excluding carboxylic acids is 6. The first-order valence-electron chi connectivity index (χ1n) is 16.3. The molecular weight excluding hydrogens is 582 g/mol. The number of hydrogen-bond acceptors (Lipinski definition) is 8. The lowest BCUT2D eigenvalue weighted by Crippen LogP contribution is -2.62. The van der Waals surface area contributed by atoms with Gasteiger partial charge in [-0.15, -0.1) is 0 Å². The first-order valence-corrected chi connectivity index (χ1v) is 16.3. The van der Waals surface area contributed by atoms with Gasteiger partial charge >= 0.3 is 12.2 Å². The summed E-state index contributed by atoms with van der Waals surface area (Å²) in [7, 11) is 1.22. The molecule has 13 heteroatoms. The number of ether oxygens (including phenoxy) is 2. The third-order valence-corrected chi connectivity index (χ3v) is 10.7. The van der Waals surface area contributed by atoms with Crippen molar-refractivity contribution in [3.63, 3.8) is 0 Å². The van der Waals surface area contributed by atoms with Crippen LogP contribution in [0.3, 0.4) is 0 Å². The number of piperidine rings is 1. The number of likely N-dealkylation sites (tertiary alicyclic amines) is 1. The van der Waals surface area contributed by atoms with Crippen LogP contribution in [0.25, 0.3) is 0 Å². The van der Waals surface area contributed by atoms with Crippen LogP contribution in [0.15, 0.2) is 0 Å². The van der Waals surface area contributed by atoms with E-state index >= 15 is 0 Å². The Bertz CT molecular complexity index is 1170. The van der Waals surface area contributed by atoms with Crippen LogP contribution in [-0.2, 0) is 28.7 Å². The van der Waals surface area contributed by atoms with E-state index in [4.69, 9.17) is 10.5 Å². The van der Waals surface area contributed by atoms with Crippen molar-refractivity contribution in [2.24, 2.45) is 40.2 Å². The standard InChI is InChI=1S/C32H51N5O8/c1-31(2,3)25(36-29(42)35-21(16-45-30(43)44-6)18-12-7-8-13-18)28(41)37-15-19-22(32(19,4)5)23(37)27(40)34-20(24(38)26(33)39)14-17-10-9-11-17/h17-23,25H,7-16H2,1-6H3,(H2,33,39)(H,34,40)(H2,35,36,42)/t19?,20?,21-,22?,23+,25-/m1/s1. The Labute approximate surface area is 265 Å². The summed E-state index contributed by atoms with van der Waals surface area (Å²) >= 11 is 0. The predicted octanol–water partition coefficient (Wildman–Crippen LogP) is 2.25. The maximum absolute atomic E-state index is 14.3. The van der Waals surface area contributed by atoms with Crippen LogP contribution < -0.4 is 21.7 Å². The van der Waals surface area contributed by atoms with Gasteiger partial charge in [0.2, 0.25) is 17.6 Å². The number of nitrogens with two attached hydrogens (primary N) is 1. The lowest BCUT2D eigenvalue weighted by molar-refractivity contribution is -0.145. The number of ketones is 1. The van der Waals surface area contributed by atoms with Gasteiger partial charge < -0.3 is 36.1 Å². The topological polar surface area (TPSA) is 186 Å². The lowest BCUT2D eigenvalue weighted by Gasteiger charge is -2.38. The molecule has 4 aliphatic rings. The average molecular weight is 634 g/mol. The molecular formula is C32H51N5O8. The van der Waals surface area contributed by atoms with Crippen LogP contribution in [0.2, 0.25) is 0 Å². The van der Waals surface area contributed by atoms with Gasteiger partial charge in [0.05, 0.1) is 19.2 Å². The Balaban J connectivity index is 1.50. The van der Waals surface area contributed by atoms with Gasteiger partial charge in [0, 0.05) is 6.54 Å². The molecule has 0 bridgehead atoms. The molecule has 13 nitrogen and oxygen atoms in total. The van der Waals surface area contributed by atoms with E-state index in [1.807, 2.05) is 20.8 Å². The van der Waals surface area contributed by atoms with Crippen molar-refractivity contribution in [1.82, 2.24) is 20.9 Å². The van der Waals surface area contributed by atoms with E-state index in [1.165, 1.54) is 12.0 Å². The summed E-state index contributed by atoms with van der Waals surface area (Å²) in [5.74, 6) is -2.54. The normalized spacial score (nSPS) is 26.0. The Kier molecular flexibility index (Phi) is 10.4. The molecule has 3 saturated carbocycles. The van der Waals surface area contributed by atoms with Crippen molar-refractivity contribution in [1.29, 1.82) is 0 Å². The molecule has 3 aliphatic carbocycles. The Morgan fingerprint density at radius 2 is 1.60 bits per heavy atom. The minimum atomic E-state index is -1.10. The number of carbonyl (C=O) groups is 6. The molecule has 5 amide bonds. The van der Waals surface area contributed by atoms with Gasteiger partial charge in [0.1, 0.15) is 18.7 Å². The van der Waals surface area contributed by atoms with E-state index in [0.717, 1.165) is 44.9 Å². The van der Waals surface area contributed by atoms with Crippen molar-refractivity contribution in [2.75, 3.05) is 20.3 Å². The minimum Gasteiger partial charge on any atom is -0.438 e. The van der Waals surface area contributed by atoms with Gasteiger partial charge in [-0.3, -0.25) is 19.2 Å². The van der Waals surface area contributed by atoms with Crippen LogP contribution in [-0.4, -0.2) is 85.0 Å². The van der Waals surface area contributed by atoms with Crippen LogP contribution in [0.1, 0.15) is 86.0 Å². The van der Waals surface area contributed by atoms with Crippen molar-refractivity contribution in [3.8, 4) is 0 Å². The second-order valence-corrected chi connectivity index (χ2v) is 15.0. The molecule has 1 saturated heterocycles. The maximum Gasteiger partial charge on any atom is 0.508 e. The largest absolute Gasteiger partial charge is 0.508 e. The minimum absolute atomic E-state index is 0.0578. The lowest BCUT2D eigenvalue weighted by atomic mass is 9.80. The molecule has 0 aromatic heterocycles. The number of primary amides is 1. The summed E-state index contributed by atoms with van der Waals surface area (Å²) in [5, 5.41) is 8.56. The number of nitrogens with zero attached hydrogens (tertiary/aromatic N) is 1. The van der Waals surface area contributed by atoms with Crippen molar-refractivity contribution < 1.29 is 38.2 Å². The number of urea groups is 1. The Hall–Kier alpha value is -3.38. The monoisotopic (exact) mass is 633 g/mol. The smallest absolute Gasteiger partial charge is 0.438 e. The number of Topliss-reactive ketones (excluding diaryl/α,β-unsaturated/α-hetero) is 1. The fourth-order valence-corrected chi connectivity index (χ4v) is 7.56. The summed E-state index contributed by atoms with van der Waals surface area (Å²) in [4.78, 5) is 79.2. The molecule has 252 valence electrons. The van der Waals surface area contributed by atoms with E-state index in [0.29, 0.717) is 13.0 Å². The fraction of sp³-hybridized carbons (Fsp3) is 0.812. The summed E-state index contributed by atoms with van der Waals surface area (Å²) in [5.41, 5.74) is 4.41. The molecule has 0 aromatic carbocycles. The molecule has 3 unspecified atom stereocenters. The highest BCUT2D eigenvalue weighted by Crippen LogP contribution is 2.65. The predicted molar refractivity (Wildman–Crippen MR) is 163 cm³/mol. The Morgan fingerprint density at radius 1 is 0.956 bits per heavy atom. The maximum atomic E-state index is 14.3. The molecule has 4 rings (SSSR count). The van der Waals surface area contributed by atoms with Crippen LogP contribution in [0.5, 0.6) is 0 Å². The van der Waals surface area contributed by atoms with E-state index < -0.39 is 65.3 Å². The zero-order valence-corrected chi connectivity index (χ0v) is 27.5. The molecule has 0 spiro atoms. The molecule has 1 aliphatic heterocycles. The van der Waals surface area contributed by atoms with E-state index in [2.05, 4.69) is 34.5 Å². The molecule has 6 atom stereocenters. The second-order valence-electron chi connectivity index (χ2n) is 15.0. The van der Waals surface area contributed by atoms with Gasteiger partial charge in [-0.25, -0.2) is 9.59 Å².